The van der Waals surface area contributed by atoms with Gasteiger partial charge in [-0.25, -0.2) is 4.39 Å². The Hall–Kier alpha value is -1.13. The number of ether oxygens (including phenoxy) is 1. The van der Waals surface area contributed by atoms with Crippen LogP contribution in [0.25, 0.3) is 0 Å². The van der Waals surface area contributed by atoms with Gasteiger partial charge >= 0.3 is 5.97 Å². The number of carbonyl (C=O) groups is 1. The van der Waals surface area contributed by atoms with Crippen molar-refractivity contribution in [1.29, 1.82) is 0 Å². The van der Waals surface area contributed by atoms with Gasteiger partial charge in [-0.3, -0.25) is 4.79 Å². The average Bonchev–Trinajstić information content (AvgIpc) is 2.35. The molecule has 0 saturated heterocycles. The predicted molar refractivity (Wildman–Crippen MR) is 71.4 cm³/mol. The molecule has 0 aliphatic carbocycles. The van der Waals surface area contributed by atoms with E-state index in [1.165, 1.54) is 18.2 Å². The molecule has 5 heteroatoms. The molecule has 0 saturated carbocycles. The summed E-state index contributed by atoms with van der Waals surface area (Å²) in [7, 11) is 0. The molecule has 0 aromatic heterocycles. The van der Waals surface area contributed by atoms with E-state index in [9.17, 15) is 14.3 Å². The zero-order valence-corrected chi connectivity index (χ0v) is 11.8. The molecule has 1 rings (SSSR count). The molecule has 0 heterocycles. The lowest BCUT2D eigenvalue weighted by Crippen LogP contribution is -2.25. The van der Waals surface area contributed by atoms with E-state index in [0.29, 0.717) is 12.8 Å². The maximum atomic E-state index is 13.8. The Morgan fingerprint density at radius 2 is 2.16 bits per heavy atom. The van der Waals surface area contributed by atoms with E-state index in [-0.39, 0.29) is 17.2 Å². The molecule has 2 unspecified atom stereocenters. The van der Waals surface area contributed by atoms with E-state index in [0.717, 1.165) is 0 Å². The molecule has 0 aliphatic heterocycles. The highest BCUT2D eigenvalue weighted by atomic mass is 35.5. The first-order valence-electron chi connectivity index (χ1n) is 6.31. The number of aliphatic hydroxyl groups excluding tert-OH is 1. The molecule has 0 bridgehead atoms. The Bertz CT molecular complexity index is 416. The molecule has 0 aliphatic rings. The average molecular weight is 289 g/mol. The number of hydrogen-bond donors (Lipinski definition) is 1. The second-order valence-corrected chi connectivity index (χ2v) is 4.63. The lowest BCUT2D eigenvalue weighted by Gasteiger charge is -2.22. The summed E-state index contributed by atoms with van der Waals surface area (Å²) in [5.74, 6) is -1.96. The number of hydrogen-bond acceptors (Lipinski definition) is 3. The van der Waals surface area contributed by atoms with Crippen molar-refractivity contribution in [3.05, 3.63) is 34.6 Å². The number of esters is 1. The van der Waals surface area contributed by atoms with Gasteiger partial charge < -0.3 is 9.84 Å². The molecule has 0 spiro atoms. The highest BCUT2D eigenvalue weighted by Crippen LogP contribution is 2.33. The number of aliphatic hydroxyl groups is 1. The lowest BCUT2D eigenvalue weighted by atomic mass is 9.91. The van der Waals surface area contributed by atoms with Gasteiger partial charge in [-0.2, -0.15) is 0 Å². The minimum absolute atomic E-state index is 0.0457. The van der Waals surface area contributed by atoms with Crippen LogP contribution in [0.2, 0.25) is 5.02 Å². The fraction of sp³-hybridized carbons (Fsp3) is 0.500. The first-order chi connectivity index (χ1) is 9.02. The van der Waals surface area contributed by atoms with Crippen molar-refractivity contribution in [3.63, 3.8) is 0 Å². The molecule has 1 aromatic rings. The van der Waals surface area contributed by atoms with Crippen LogP contribution in [0, 0.1) is 11.7 Å². The summed E-state index contributed by atoms with van der Waals surface area (Å²) < 4.78 is 18.7. The van der Waals surface area contributed by atoms with E-state index in [1.807, 2.05) is 6.92 Å². The van der Waals surface area contributed by atoms with Gasteiger partial charge in [0.2, 0.25) is 0 Å². The van der Waals surface area contributed by atoms with E-state index >= 15 is 0 Å². The molecule has 0 amide bonds. The Kier molecular flexibility index (Phi) is 6.25. The SMILES string of the molecule is CCCC(C(=O)OCC)C(O)c1c(F)cccc1Cl. The van der Waals surface area contributed by atoms with Crippen molar-refractivity contribution in [3.8, 4) is 0 Å². The predicted octanol–water partition coefficient (Wildman–Crippen LogP) is 3.49. The molecular weight excluding hydrogens is 271 g/mol. The minimum Gasteiger partial charge on any atom is -0.466 e. The summed E-state index contributed by atoms with van der Waals surface area (Å²) in [4.78, 5) is 11.8. The first-order valence-corrected chi connectivity index (χ1v) is 6.69. The Morgan fingerprint density at radius 1 is 1.47 bits per heavy atom. The van der Waals surface area contributed by atoms with Gasteiger partial charge in [0, 0.05) is 10.6 Å². The third-order valence-corrected chi connectivity index (χ3v) is 3.20. The molecule has 106 valence electrons. The van der Waals surface area contributed by atoms with Gasteiger partial charge in [0.05, 0.1) is 18.6 Å². The van der Waals surface area contributed by atoms with Crippen molar-refractivity contribution in [2.75, 3.05) is 6.61 Å². The number of halogens is 2. The largest absolute Gasteiger partial charge is 0.466 e. The van der Waals surface area contributed by atoms with Crippen LogP contribution in [0.3, 0.4) is 0 Å². The summed E-state index contributed by atoms with van der Waals surface area (Å²) in [6.07, 6.45) is -0.218. The van der Waals surface area contributed by atoms with Crippen LogP contribution >= 0.6 is 11.6 Å². The van der Waals surface area contributed by atoms with Gasteiger partial charge in [-0.1, -0.05) is 31.0 Å². The fourth-order valence-electron chi connectivity index (χ4n) is 1.96. The summed E-state index contributed by atoms with van der Waals surface area (Å²) in [6.45, 7) is 3.78. The topological polar surface area (TPSA) is 46.5 Å². The maximum Gasteiger partial charge on any atom is 0.311 e. The summed E-state index contributed by atoms with van der Waals surface area (Å²) in [5.41, 5.74) is -0.0457. The monoisotopic (exact) mass is 288 g/mol. The number of carbonyl (C=O) groups excluding carboxylic acids is 1. The van der Waals surface area contributed by atoms with Crippen molar-refractivity contribution < 1.29 is 19.0 Å². The normalized spacial score (nSPS) is 13.9. The van der Waals surface area contributed by atoms with E-state index in [4.69, 9.17) is 16.3 Å². The molecule has 1 N–H and O–H groups in total. The van der Waals surface area contributed by atoms with Crippen LogP contribution in [0.1, 0.15) is 38.4 Å². The molecule has 19 heavy (non-hydrogen) atoms. The van der Waals surface area contributed by atoms with Crippen LogP contribution < -0.4 is 0 Å². The molecule has 3 nitrogen and oxygen atoms in total. The van der Waals surface area contributed by atoms with Gasteiger partial charge in [0.25, 0.3) is 0 Å². The second kappa shape index (κ2) is 7.46. The van der Waals surface area contributed by atoms with Gasteiger partial charge in [-0.15, -0.1) is 0 Å². The van der Waals surface area contributed by atoms with Crippen molar-refractivity contribution in [2.24, 2.45) is 5.92 Å². The summed E-state index contributed by atoms with van der Waals surface area (Å²) >= 11 is 5.90. The third-order valence-electron chi connectivity index (χ3n) is 2.87. The summed E-state index contributed by atoms with van der Waals surface area (Å²) in [6, 6.07) is 4.14. The maximum absolute atomic E-state index is 13.8. The molecule has 2 atom stereocenters. The first kappa shape index (κ1) is 15.9. The number of benzene rings is 1. The molecule has 0 fully saturated rings. The Balaban J connectivity index is 3.05. The van der Waals surface area contributed by atoms with Gasteiger partial charge in [0.15, 0.2) is 0 Å². The van der Waals surface area contributed by atoms with Crippen molar-refractivity contribution in [1.82, 2.24) is 0 Å². The molecular formula is C14H18ClFO3. The zero-order chi connectivity index (χ0) is 14.4. The molecule has 0 radical (unpaired) electrons. The van der Waals surface area contributed by atoms with Gasteiger partial charge in [-0.05, 0) is 25.5 Å². The highest BCUT2D eigenvalue weighted by molar-refractivity contribution is 6.31. The van der Waals surface area contributed by atoms with E-state index < -0.39 is 23.8 Å². The third kappa shape index (κ3) is 3.91. The van der Waals surface area contributed by atoms with Crippen molar-refractivity contribution in [2.45, 2.75) is 32.8 Å². The highest BCUT2D eigenvalue weighted by Gasteiger charge is 2.31. The van der Waals surface area contributed by atoms with Crippen LogP contribution in [0.4, 0.5) is 4.39 Å². The Labute approximate surface area is 117 Å². The van der Waals surface area contributed by atoms with Gasteiger partial charge in [0.1, 0.15) is 5.82 Å². The zero-order valence-electron chi connectivity index (χ0n) is 11.0. The van der Waals surface area contributed by atoms with Crippen LogP contribution in [-0.2, 0) is 9.53 Å². The van der Waals surface area contributed by atoms with Crippen molar-refractivity contribution >= 4 is 17.6 Å². The standard InChI is InChI=1S/C14H18ClFO3/c1-3-6-9(14(18)19-4-2)13(17)12-10(15)7-5-8-11(12)16/h5,7-9,13,17H,3-4,6H2,1-2H3. The lowest BCUT2D eigenvalue weighted by molar-refractivity contribution is -0.152. The quantitative estimate of drug-likeness (QED) is 0.815. The van der Waals surface area contributed by atoms with Crippen LogP contribution in [-0.4, -0.2) is 17.7 Å². The fourth-order valence-corrected chi connectivity index (χ4v) is 2.23. The van der Waals surface area contributed by atoms with E-state index in [1.54, 1.807) is 6.92 Å². The van der Waals surface area contributed by atoms with Crippen LogP contribution in [0.5, 0.6) is 0 Å². The van der Waals surface area contributed by atoms with E-state index in [2.05, 4.69) is 0 Å². The number of rotatable bonds is 6. The smallest absolute Gasteiger partial charge is 0.311 e. The van der Waals surface area contributed by atoms with Crippen LogP contribution in [0.15, 0.2) is 18.2 Å². The second-order valence-electron chi connectivity index (χ2n) is 4.23. The minimum atomic E-state index is -1.30. The Morgan fingerprint density at radius 3 is 2.68 bits per heavy atom. The molecule has 1 aromatic carbocycles. The summed E-state index contributed by atoms with van der Waals surface area (Å²) in [5, 5.41) is 10.4.